The van der Waals surface area contributed by atoms with Gasteiger partial charge in [0.1, 0.15) is 11.3 Å². The molecule has 156 valence electrons. The Morgan fingerprint density at radius 3 is 2.86 bits per heavy atom. The summed E-state index contributed by atoms with van der Waals surface area (Å²) in [5.41, 5.74) is 0.984. The van der Waals surface area contributed by atoms with Gasteiger partial charge in [0, 0.05) is 36.0 Å². The number of benzene rings is 1. The Morgan fingerprint density at radius 2 is 2.07 bits per heavy atom. The first kappa shape index (κ1) is 20.0. The van der Waals surface area contributed by atoms with E-state index in [1.54, 1.807) is 26.0 Å². The maximum absolute atomic E-state index is 12.9. The van der Waals surface area contributed by atoms with Crippen LogP contribution in [0.4, 0.5) is 0 Å². The van der Waals surface area contributed by atoms with Gasteiger partial charge in [0.15, 0.2) is 6.10 Å². The van der Waals surface area contributed by atoms with Gasteiger partial charge in [-0.3, -0.25) is 4.79 Å². The predicted octanol–water partition coefficient (Wildman–Crippen LogP) is 3.33. The minimum atomic E-state index is -0.652. The zero-order valence-electron chi connectivity index (χ0n) is 17.4. The number of aryl methyl sites for hydroxylation is 1. The summed E-state index contributed by atoms with van der Waals surface area (Å²) >= 11 is 0. The number of carbonyl (C=O) groups is 1. The molecule has 1 saturated heterocycles. The molecule has 1 amide bonds. The van der Waals surface area contributed by atoms with Gasteiger partial charge in [0.05, 0.1) is 5.60 Å². The molecular formula is C23H29NO5. The number of piperidine rings is 1. The standard InChI is InChI=1S/C23H29NO5/c1-14-15(2)22(26)29-20-12-18(7-8-19(14)20)28-16(3)21(25)24-11-10-23(27)9-5-4-6-17(23)13-24/h7-8,12,16-17,27H,4-6,9-11,13H2,1-3H3/t16-,17-,23+/m0/s1. The maximum Gasteiger partial charge on any atom is 0.339 e. The Morgan fingerprint density at radius 1 is 1.28 bits per heavy atom. The number of likely N-dealkylation sites (tertiary alicyclic amines) is 1. The van der Waals surface area contributed by atoms with Gasteiger partial charge < -0.3 is 19.2 Å². The number of hydrogen-bond acceptors (Lipinski definition) is 5. The predicted molar refractivity (Wildman–Crippen MR) is 110 cm³/mol. The molecule has 0 bridgehead atoms. The third-order valence-corrected chi connectivity index (χ3v) is 6.83. The summed E-state index contributed by atoms with van der Waals surface area (Å²) in [4.78, 5) is 26.7. The van der Waals surface area contributed by atoms with Crippen LogP contribution >= 0.6 is 0 Å². The number of rotatable bonds is 3. The molecule has 2 aromatic rings. The van der Waals surface area contributed by atoms with E-state index in [1.165, 1.54) is 0 Å². The Bertz CT molecular complexity index is 997. The van der Waals surface area contributed by atoms with Crippen molar-refractivity contribution in [3.63, 3.8) is 0 Å². The highest BCUT2D eigenvalue weighted by Gasteiger charge is 2.44. The molecule has 1 aliphatic carbocycles. The quantitative estimate of drug-likeness (QED) is 0.801. The van der Waals surface area contributed by atoms with Crippen LogP contribution < -0.4 is 10.4 Å². The number of nitrogens with zero attached hydrogens (tertiary/aromatic N) is 1. The molecule has 1 N–H and O–H groups in total. The van der Waals surface area contributed by atoms with Crippen LogP contribution in [0.1, 0.15) is 50.2 Å². The SMILES string of the molecule is Cc1c(C)c2ccc(O[C@@H](C)C(=O)N3CC[C@]4(O)CCCC[C@H]4C3)cc2oc1=O. The summed E-state index contributed by atoms with van der Waals surface area (Å²) in [7, 11) is 0. The molecular weight excluding hydrogens is 370 g/mol. The van der Waals surface area contributed by atoms with E-state index < -0.39 is 11.7 Å². The molecule has 1 aliphatic heterocycles. The van der Waals surface area contributed by atoms with Crippen LogP contribution in [0, 0.1) is 19.8 Å². The van der Waals surface area contributed by atoms with Crippen molar-refractivity contribution in [1.29, 1.82) is 0 Å². The topological polar surface area (TPSA) is 80.0 Å². The molecule has 3 atom stereocenters. The summed E-state index contributed by atoms with van der Waals surface area (Å²) in [5.74, 6) is 0.581. The Labute approximate surface area is 170 Å². The number of amides is 1. The summed E-state index contributed by atoms with van der Waals surface area (Å²) in [6.07, 6.45) is 3.97. The summed E-state index contributed by atoms with van der Waals surface area (Å²) in [6, 6.07) is 5.33. The fraction of sp³-hybridized carbons (Fsp3) is 0.565. The van der Waals surface area contributed by atoms with Crippen molar-refractivity contribution in [3.05, 3.63) is 39.7 Å². The van der Waals surface area contributed by atoms with Crippen LogP contribution in [0.5, 0.6) is 5.75 Å². The molecule has 4 rings (SSSR count). The molecule has 2 fully saturated rings. The van der Waals surface area contributed by atoms with E-state index in [1.807, 2.05) is 17.9 Å². The molecule has 6 nitrogen and oxygen atoms in total. The average molecular weight is 399 g/mol. The third kappa shape index (κ3) is 3.66. The van der Waals surface area contributed by atoms with Crippen molar-refractivity contribution < 1.29 is 19.1 Å². The van der Waals surface area contributed by atoms with Crippen LogP contribution in [0.15, 0.2) is 27.4 Å². The van der Waals surface area contributed by atoms with E-state index in [9.17, 15) is 14.7 Å². The second kappa shape index (κ2) is 7.48. The van der Waals surface area contributed by atoms with Crippen molar-refractivity contribution in [2.75, 3.05) is 13.1 Å². The van der Waals surface area contributed by atoms with E-state index in [0.29, 0.717) is 36.4 Å². The Balaban J connectivity index is 1.47. The van der Waals surface area contributed by atoms with Crippen molar-refractivity contribution in [2.45, 2.75) is 64.6 Å². The van der Waals surface area contributed by atoms with Gasteiger partial charge >= 0.3 is 5.63 Å². The molecule has 1 aromatic carbocycles. The molecule has 0 unspecified atom stereocenters. The second-order valence-electron chi connectivity index (χ2n) is 8.64. The highest BCUT2D eigenvalue weighted by molar-refractivity contribution is 5.83. The maximum atomic E-state index is 12.9. The van der Waals surface area contributed by atoms with Crippen molar-refractivity contribution in [1.82, 2.24) is 4.90 Å². The lowest BCUT2D eigenvalue weighted by atomic mass is 9.71. The summed E-state index contributed by atoms with van der Waals surface area (Å²) < 4.78 is 11.3. The van der Waals surface area contributed by atoms with Gasteiger partial charge in [-0.1, -0.05) is 12.8 Å². The molecule has 0 spiro atoms. The van der Waals surface area contributed by atoms with Crippen LogP contribution in [0.2, 0.25) is 0 Å². The van der Waals surface area contributed by atoms with Crippen LogP contribution in [-0.4, -0.2) is 40.7 Å². The first-order chi connectivity index (χ1) is 13.8. The van der Waals surface area contributed by atoms with E-state index in [0.717, 1.165) is 36.6 Å². The zero-order chi connectivity index (χ0) is 20.8. The third-order valence-electron chi connectivity index (χ3n) is 6.83. The summed E-state index contributed by atoms with van der Waals surface area (Å²) in [6.45, 7) is 6.53. The molecule has 29 heavy (non-hydrogen) atoms. The van der Waals surface area contributed by atoms with Crippen LogP contribution in [0.3, 0.4) is 0 Å². The van der Waals surface area contributed by atoms with E-state index >= 15 is 0 Å². The second-order valence-corrected chi connectivity index (χ2v) is 8.64. The van der Waals surface area contributed by atoms with Gasteiger partial charge in [0.2, 0.25) is 0 Å². The minimum absolute atomic E-state index is 0.0701. The Hall–Kier alpha value is -2.34. The van der Waals surface area contributed by atoms with Gasteiger partial charge in [-0.15, -0.1) is 0 Å². The largest absolute Gasteiger partial charge is 0.481 e. The van der Waals surface area contributed by atoms with Gasteiger partial charge in [-0.05, 0) is 57.7 Å². The van der Waals surface area contributed by atoms with E-state index in [4.69, 9.17) is 9.15 Å². The first-order valence-corrected chi connectivity index (χ1v) is 10.5. The lowest BCUT2D eigenvalue weighted by Gasteiger charge is -2.47. The number of hydrogen-bond donors (Lipinski definition) is 1. The first-order valence-electron chi connectivity index (χ1n) is 10.5. The van der Waals surface area contributed by atoms with Gasteiger partial charge in [-0.25, -0.2) is 4.79 Å². The highest BCUT2D eigenvalue weighted by atomic mass is 16.5. The lowest BCUT2D eigenvalue weighted by molar-refractivity contribution is -0.149. The normalized spacial score (nSPS) is 25.5. The number of ether oxygens (including phenoxy) is 1. The number of aliphatic hydroxyl groups is 1. The van der Waals surface area contributed by atoms with E-state index in [2.05, 4.69) is 0 Å². The lowest BCUT2D eigenvalue weighted by Crippen LogP contribution is -2.56. The summed E-state index contributed by atoms with van der Waals surface area (Å²) in [5, 5.41) is 11.7. The molecule has 2 heterocycles. The number of carbonyl (C=O) groups excluding carboxylic acids is 1. The monoisotopic (exact) mass is 399 g/mol. The number of fused-ring (bicyclic) bond motifs is 2. The molecule has 1 saturated carbocycles. The van der Waals surface area contributed by atoms with Crippen LogP contribution in [-0.2, 0) is 4.79 Å². The molecule has 2 aliphatic rings. The van der Waals surface area contributed by atoms with E-state index in [-0.39, 0.29) is 17.5 Å². The average Bonchev–Trinajstić information content (AvgIpc) is 2.70. The van der Waals surface area contributed by atoms with Crippen molar-refractivity contribution in [2.24, 2.45) is 5.92 Å². The Kier molecular flexibility index (Phi) is 5.15. The molecule has 1 aromatic heterocycles. The molecule has 6 heteroatoms. The van der Waals surface area contributed by atoms with Gasteiger partial charge in [-0.2, -0.15) is 0 Å². The highest BCUT2D eigenvalue weighted by Crippen LogP contribution is 2.40. The van der Waals surface area contributed by atoms with Crippen molar-refractivity contribution in [3.8, 4) is 5.75 Å². The van der Waals surface area contributed by atoms with Crippen molar-refractivity contribution >= 4 is 16.9 Å². The van der Waals surface area contributed by atoms with Gasteiger partial charge in [0.25, 0.3) is 5.91 Å². The van der Waals surface area contributed by atoms with Crippen LogP contribution in [0.25, 0.3) is 11.0 Å². The smallest absolute Gasteiger partial charge is 0.339 e. The zero-order valence-corrected chi connectivity index (χ0v) is 17.4. The molecule has 0 radical (unpaired) electrons. The fourth-order valence-corrected chi connectivity index (χ4v) is 4.78. The minimum Gasteiger partial charge on any atom is -0.481 e. The fourth-order valence-electron chi connectivity index (χ4n) is 4.78.